The maximum atomic E-state index is 13.7. The van der Waals surface area contributed by atoms with Crippen LogP contribution in [0, 0.1) is 13.8 Å². The van der Waals surface area contributed by atoms with Crippen LogP contribution >= 0.6 is 0 Å². The van der Waals surface area contributed by atoms with Gasteiger partial charge in [0.25, 0.3) is 0 Å². The number of aromatic nitrogens is 4. The Morgan fingerprint density at radius 3 is 2.56 bits per heavy atom. The molecule has 1 aliphatic heterocycles. The first-order valence-corrected chi connectivity index (χ1v) is 14.7. The molecule has 3 aromatic heterocycles. The normalized spacial score (nSPS) is 18.2. The van der Waals surface area contributed by atoms with Gasteiger partial charge in [-0.1, -0.05) is 18.2 Å². The predicted molar refractivity (Wildman–Crippen MR) is 144 cm³/mol. The molecular formula is C28H26F3N5O6S. The quantitative estimate of drug-likeness (QED) is 0.325. The second-order valence-electron chi connectivity index (χ2n) is 11.0. The van der Waals surface area contributed by atoms with Crippen LogP contribution in [0.5, 0.6) is 11.8 Å². The van der Waals surface area contributed by atoms with Gasteiger partial charge in [0.2, 0.25) is 27.6 Å². The monoisotopic (exact) mass is 617 g/mol. The molecule has 1 aliphatic carbocycles. The molecule has 11 nitrogen and oxygen atoms in total. The number of benzene rings is 1. The van der Waals surface area contributed by atoms with Gasteiger partial charge in [0.1, 0.15) is 10.5 Å². The average Bonchev–Trinajstić information content (AvgIpc) is 3.52. The van der Waals surface area contributed by atoms with E-state index in [9.17, 15) is 36.6 Å². The largest absolute Gasteiger partial charge is 0.493 e. The van der Waals surface area contributed by atoms with Gasteiger partial charge in [-0.05, 0) is 66.6 Å². The van der Waals surface area contributed by atoms with Gasteiger partial charge in [-0.2, -0.15) is 22.5 Å². The lowest BCUT2D eigenvalue weighted by molar-refractivity contribution is -0.145. The number of sulfonamides is 1. The van der Waals surface area contributed by atoms with Crippen molar-refractivity contribution >= 4 is 21.6 Å². The number of aromatic hydroxyl groups is 1. The summed E-state index contributed by atoms with van der Waals surface area (Å²) in [5, 5.41) is 26.6. The molecule has 4 aromatic rings. The maximum absolute atomic E-state index is 13.7. The van der Waals surface area contributed by atoms with Crippen LogP contribution in [0.4, 0.5) is 13.2 Å². The number of rotatable bonds is 6. The van der Waals surface area contributed by atoms with Crippen molar-refractivity contribution in [2.45, 2.75) is 62.2 Å². The van der Waals surface area contributed by atoms with Crippen molar-refractivity contribution < 1.29 is 41.3 Å². The topological polar surface area (TPSA) is 147 Å². The first-order chi connectivity index (χ1) is 20.2. The Hall–Kier alpha value is -4.24. The van der Waals surface area contributed by atoms with Gasteiger partial charge in [0.05, 0.1) is 13.0 Å². The van der Waals surface area contributed by atoms with E-state index < -0.39 is 39.5 Å². The van der Waals surface area contributed by atoms with Crippen LogP contribution in [0.3, 0.4) is 0 Å². The number of hydrogen-bond acceptors (Lipinski definition) is 8. The third kappa shape index (κ3) is 5.16. The lowest BCUT2D eigenvalue weighted by atomic mass is 9.85. The summed E-state index contributed by atoms with van der Waals surface area (Å²) in [7, 11) is -4.10. The maximum Gasteiger partial charge on any atom is 0.452 e. The Morgan fingerprint density at radius 1 is 1.14 bits per heavy atom. The molecule has 6 rings (SSSR count). The number of hydrogen-bond donors (Lipinski definition) is 2. The first-order valence-electron chi connectivity index (χ1n) is 13.3. The number of nitrogens with zero attached hydrogens (tertiary/aromatic N) is 5. The molecule has 226 valence electrons. The van der Waals surface area contributed by atoms with Crippen LogP contribution in [0.1, 0.15) is 58.8 Å². The minimum atomic E-state index is -4.73. The zero-order valence-electron chi connectivity index (χ0n) is 23.0. The van der Waals surface area contributed by atoms with Crippen LogP contribution in [-0.4, -0.2) is 60.6 Å². The van der Waals surface area contributed by atoms with Gasteiger partial charge in [-0.25, -0.2) is 8.42 Å². The summed E-state index contributed by atoms with van der Waals surface area (Å²) < 4.78 is 75.8. The van der Waals surface area contributed by atoms with E-state index in [1.807, 2.05) is 0 Å². The fraction of sp³-hybridized carbons (Fsp3) is 0.357. The van der Waals surface area contributed by atoms with Crippen LogP contribution in [0.25, 0.3) is 5.65 Å². The predicted octanol–water partition coefficient (Wildman–Crippen LogP) is 4.19. The van der Waals surface area contributed by atoms with Gasteiger partial charge in [0.15, 0.2) is 5.65 Å². The molecule has 0 amide bonds. The van der Waals surface area contributed by atoms with Crippen molar-refractivity contribution in [2.24, 2.45) is 0 Å². The Morgan fingerprint density at radius 2 is 1.88 bits per heavy atom. The number of halogens is 3. The first kappa shape index (κ1) is 28.9. The number of aliphatic carboxylic acids is 1. The number of fused-ring (bicyclic) bond motifs is 2. The van der Waals surface area contributed by atoms with E-state index in [0.717, 1.165) is 9.96 Å². The Labute approximate surface area is 243 Å². The van der Waals surface area contributed by atoms with E-state index in [-0.39, 0.29) is 41.8 Å². The molecule has 0 radical (unpaired) electrons. The van der Waals surface area contributed by atoms with Crippen molar-refractivity contribution in [1.29, 1.82) is 0 Å². The molecule has 1 spiro atoms. The van der Waals surface area contributed by atoms with Crippen molar-refractivity contribution in [2.75, 3.05) is 6.54 Å². The molecule has 0 saturated heterocycles. The van der Waals surface area contributed by atoms with Crippen LogP contribution in [0.15, 0.2) is 47.5 Å². The van der Waals surface area contributed by atoms with E-state index in [2.05, 4.69) is 15.2 Å². The van der Waals surface area contributed by atoms with Gasteiger partial charge < -0.3 is 14.9 Å². The number of alkyl halides is 3. The summed E-state index contributed by atoms with van der Waals surface area (Å²) in [6.07, 6.45) is -2.71. The zero-order chi connectivity index (χ0) is 30.9. The highest BCUT2D eigenvalue weighted by Crippen LogP contribution is 2.46. The summed E-state index contributed by atoms with van der Waals surface area (Å²) in [6, 6.07) is 9.08. The van der Waals surface area contributed by atoms with Crippen LogP contribution in [-0.2, 0) is 27.5 Å². The van der Waals surface area contributed by atoms with Crippen molar-refractivity contribution in [1.82, 2.24) is 23.9 Å². The lowest BCUT2D eigenvalue weighted by Crippen LogP contribution is -2.38. The molecule has 43 heavy (non-hydrogen) atoms. The van der Waals surface area contributed by atoms with Crippen LogP contribution in [0.2, 0.25) is 0 Å². The highest BCUT2D eigenvalue weighted by Gasteiger charge is 2.52. The summed E-state index contributed by atoms with van der Waals surface area (Å²) in [5.74, 6) is -3.60. The molecule has 1 saturated carbocycles. The number of ether oxygens (including phenoxy) is 1. The zero-order valence-corrected chi connectivity index (χ0v) is 23.8. The van der Waals surface area contributed by atoms with Crippen molar-refractivity contribution in [3.63, 3.8) is 0 Å². The van der Waals surface area contributed by atoms with Crippen molar-refractivity contribution in [3.05, 3.63) is 76.2 Å². The molecule has 0 unspecified atom stereocenters. The Kier molecular flexibility index (Phi) is 6.65. The van der Waals surface area contributed by atoms with E-state index >= 15 is 0 Å². The average molecular weight is 618 g/mol. The minimum absolute atomic E-state index is 0.0451. The third-order valence-corrected chi connectivity index (χ3v) is 9.82. The van der Waals surface area contributed by atoms with E-state index in [4.69, 9.17) is 4.74 Å². The van der Waals surface area contributed by atoms with Gasteiger partial charge in [-0.3, -0.25) is 9.20 Å². The summed E-state index contributed by atoms with van der Waals surface area (Å²) >= 11 is 0. The standard InChI is InChI=1S/C28H26F3N5O6S/c1-15-3-4-17(20(12-23(38)39)19-7-10-36-24(16(19)2)33-34-26(36)28(29,30)31)11-18(15)13-35-14-27(8-9-27)42-25-21(43(35,40)41)5-6-22(37)32-25/h3-7,10-11,20H,8-9,12-14H2,1-2H3,(H,32,37)(H,38,39)/t20-/m0/s1. The lowest BCUT2D eigenvalue weighted by Gasteiger charge is -2.25. The van der Waals surface area contributed by atoms with Crippen LogP contribution < -0.4 is 4.74 Å². The molecule has 2 N–H and O–H groups in total. The molecule has 1 aromatic carbocycles. The molecule has 0 bridgehead atoms. The molecule has 15 heteroatoms. The highest BCUT2D eigenvalue weighted by molar-refractivity contribution is 7.89. The fourth-order valence-corrected chi connectivity index (χ4v) is 7.07. The van der Waals surface area contributed by atoms with E-state index in [1.165, 1.54) is 28.7 Å². The molecular weight excluding hydrogens is 591 g/mol. The van der Waals surface area contributed by atoms with E-state index in [0.29, 0.717) is 35.1 Å². The molecule has 1 atom stereocenters. The second-order valence-corrected chi connectivity index (χ2v) is 12.9. The SMILES string of the molecule is Cc1ccc([C@H](CC(=O)O)c2ccn3c(C(F)(F)F)nnc3c2C)cc1CN1CC2(CC2)Oc2nc(O)ccc2S1(=O)=O. The number of carboxylic acids is 1. The second kappa shape index (κ2) is 9.91. The summed E-state index contributed by atoms with van der Waals surface area (Å²) in [6.45, 7) is 3.37. The summed E-state index contributed by atoms with van der Waals surface area (Å²) in [4.78, 5) is 15.7. The number of carboxylic acid groups (broad SMARTS) is 1. The molecule has 2 aliphatic rings. The van der Waals surface area contributed by atoms with Crippen molar-refractivity contribution in [3.8, 4) is 11.8 Å². The van der Waals surface area contributed by atoms with Gasteiger partial charge in [-0.15, -0.1) is 10.2 Å². The number of carbonyl (C=O) groups is 1. The Bertz CT molecular complexity index is 1890. The Balaban J connectivity index is 1.40. The molecule has 4 heterocycles. The fourth-order valence-electron chi connectivity index (χ4n) is 5.53. The smallest absolute Gasteiger partial charge is 0.452 e. The molecule has 1 fully saturated rings. The number of pyridine rings is 2. The van der Waals surface area contributed by atoms with E-state index in [1.54, 1.807) is 32.0 Å². The van der Waals surface area contributed by atoms with Gasteiger partial charge in [0, 0.05) is 24.7 Å². The van der Waals surface area contributed by atoms with Gasteiger partial charge >= 0.3 is 12.1 Å². The number of aryl methyl sites for hydroxylation is 2. The third-order valence-electron chi connectivity index (χ3n) is 8.01. The highest BCUT2D eigenvalue weighted by atomic mass is 32.2. The summed E-state index contributed by atoms with van der Waals surface area (Å²) in [5.41, 5.74) is 1.90. The minimum Gasteiger partial charge on any atom is -0.493 e.